The van der Waals surface area contributed by atoms with Gasteiger partial charge in [-0.3, -0.25) is 0 Å². The lowest BCUT2D eigenvalue weighted by molar-refractivity contribution is 0.174. The van der Waals surface area contributed by atoms with E-state index in [2.05, 4.69) is 10.2 Å². The Morgan fingerprint density at radius 1 is 0.818 bits per heavy atom. The molecule has 0 amide bonds. The van der Waals surface area contributed by atoms with Crippen LogP contribution in [-0.2, 0) is 0 Å². The molecule has 3 aromatic rings. The fraction of sp³-hybridized carbons (Fsp3) is 0.0588. The highest BCUT2D eigenvalue weighted by atomic mass is 16.7. The fourth-order valence-corrected chi connectivity index (χ4v) is 2.41. The van der Waals surface area contributed by atoms with E-state index < -0.39 is 0 Å². The number of ether oxygens (including phenoxy) is 2. The van der Waals surface area contributed by atoms with Gasteiger partial charge in [-0.1, -0.05) is 24.3 Å². The molecule has 0 fully saturated rings. The normalized spacial score (nSPS) is 13.1. The first-order chi connectivity index (χ1) is 10.8. The maximum absolute atomic E-state index is 9.88. The summed E-state index contributed by atoms with van der Waals surface area (Å²) in [5.41, 5.74) is 1.38. The van der Waals surface area contributed by atoms with Crippen LogP contribution in [0, 0.1) is 0 Å². The van der Waals surface area contributed by atoms with E-state index in [9.17, 15) is 5.11 Å². The molecule has 0 spiro atoms. The Morgan fingerprint density at radius 2 is 1.64 bits per heavy atom. The first-order valence-corrected chi connectivity index (χ1v) is 6.83. The molecule has 4 rings (SSSR count). The molecule has 0 bridgehead atoms. The van der Waals surface area contributed by atoms with Gasteiger partial charge < -0.3 is 14.6 Å². The first kappa shape index (κ1) is 12.6. The molecule has 1 heterocycles. The van der Waals surface area contributed by atoms with Gasteiger partial charge in [-0.2, -0.15) is 5.11 Å². The van der Waals surface area contributed by atoms with E-state index in [1.54, 1.807) is 18.2 Å². The second-order valence-electron chi connectivity index (χ2n) is 4.89. The first-order valence-electron chi connectivity index (χ1n) is 6.83. The van der Waals surface area contributed by atoms with Crippen molar-refractivity contribution in [2.24, 2.45) is 10.2 Å². The van der Waals surface area contributed by atoms with Gasteiger partial charge in [-0.05, 0) is 24.3 Å². The summed E-state index contributed by atoms with van der Waals surface area (Å²) in [6.07, 6.45) is 0. The predicted molar refractivity (Wildman–Crippen MR) is 82.4 cm³/mol. The quantitative estimate of drug-likeness (QED) is 0.697. The Kier molecular flexibility index (Phi) is 2.89. The maximum atomic E-state index is 9.88. The molecule has 0 aliphatic carbocycles. The Bertz CT molecular complexity index is 890. The molecule has 1 aliphatic rings. The Labute approximate surface area is 126 Å². The largest absolute Gasteiger partial charge is 0.507 e. The zero-order valence-corrected chi connectivity index (χ0v) is 11.6. The summed E-state index contributed by atoms with van der Waals surface area (Å²) >= 11 is 0. The van der Waals surface area contributed by atoms with Crippen LogP contribution in [0.3, 0.4) is 0 Å². The number of phenolic OH excluding ortho intramolecular Hbond substituents is 1. The number of hydrogen-bond donors (Lipinski definition) is 1. The van der Waals surface area contributed by atoms with E-state index in [4.69, 9.17) is 9.47 Å². The zero-order valence-electron chi connectivity index (χ0n) is 11.6. The number of azo groups is 1. The van der Waals surface area contributed by atoms with Crippen LogP contribution in [0.1, 0.15) is 0 Å². The highest BCUT2D eigenvalue weighted by Gasteiger charge is 2.13. The van der Waals surface area contributed by atoms with Crippen LogP contribution in [0.15, 0.2) is 64.8 Å². The van der Waals surface area contributed by atoms with Crippen LogP contribution in [0.2, 0.25) is 0 Å². The van der Waals surface area contributed by atoms with Crippen LogP contribution in [0.4, 0.5) is 11.4 Å². The van der Waals surface area contributed by atoms with E-state index >= 15 is 0 Å². The Balaban J connectivity index is 1.73. The molecule has 1 N–H and O–H groups in total. The van der Waals surface area contributed by atoms with Gasteiger partial charge in [0.25, 0.3) is 0 Å². The number of benzene rings is 3. The van der Waals surface area contributed by atoms with Gasteiger partial charge >= 0.3 is 0 Å². The second-order valence-corrected chi connectivity index (χ2v) is 4.89. The van der Waals surface area contributed by atoms with Gasteiger partial charge in [0, 0.05) is 16.8 Å². The zero-order chi connectivity index (χ0) is 14.9. The third-order valence-electron chi connectivity index (χ3n) is 3.51. The van der Waals surface area contributed by atoms with Crippen molar-refractivity contribution in [2.75, 3.05) is 6.79 Å². The molecule has 1 aliphatic heterocycles. The number of nitrogens with zero attached hydrogens (tertiary/aromatic N) is 2. The Hall–Kier alpha value is -3.08. The molecule has 3 aromatic carbocycles. The van der Waals surface area contributed by atoms with Crippen LogP contribution in [0.5, 0.6) is 17.2 Å². The van der Waals surface area contributed by atoms with Crippen molar-refractivity contribution in [1.82, 2.24) is 0 Å². The van der Waals surface area contributed by atoms with Crippen molar-refractivity contribution >= 4 is 22.1 Å². The second kappa shape index (κ2) is 5.04. The van der Waals surface area contributed by atoms with E-state index in [0.717, 1.165) is 10.8 Å². The van der Waals surface area contributed by atoms with Gasteiger partial charge in [0.15, 0.2) is 11.5 Å². The minimum absolute atomic E-state index is 0.234. The molecule has 0 saturated carbocycles. The van der Waals surface area contributed by atoms with Crippen molar-refractivity contribution in [3.05, 3.63) is 54.6 Å². The molecule has 0 atom stereocenters. The van der Waals surface area contributed by atoms with Crippen molar-refractivity contribution in [3.8, 4) is 17.2 Å². The molecule has 5 nitrogen and oxygen atoms in total. The molecular weight excluding hydrogens is 280 g/mol. The van der Waals surface area contributed by atoms with Crippen LogP contribution < -0.4 is 9.47 Å². The van der Waals surface area contributed by atoms with Gasteiger partial charge in [0.2, 0.25) is 6.79 Å². The average molecular weight is 292 g/mol. The van der Waals surface area contributed by atoms with Gasteiger partial charge in [-0.25, -0.2) is 0 Å². The van der Waals surface area contributed by atoms with Crippen molar-refractivity contribution < 1.29 is 14.6 Å². The van der Waals surface area contributed by atoms with Crippen molar-refractivity contribution in [3.63, 3.8) is 0 Å². The summed E-state index contributed by atoms with van der Waals surface area (Å²) in [7, 11) is 0. The highest BCUT2D eigenvalue weighted by molar-refractivity contribution is 5.96. The van der Waals surface area contributed by atoms with E-state index in [0.29, 0.717) is 22.9 Å². The van der Waals surface area contributed by atoms with Gasteiger partial charge in [-0.15, -0.1) is 5.11 Å². The summed E-state index contributed by atoms with van der Waals surface area (Å²) in [5.74, 6) is 1.62. The van der Waals surface area contributed by atoms with Crippen molar-refractivity contribution in [1.29, 1.82) is 0 Å². The number of aromatic hydroxyl groups is 1. The SMILES string of the molecule is Oc1ccc(N=Nc2ccc3c(c2)OCO3)c2ccccc12. The average Bonchev–Trinajstić information content (AvgIpc) is 3.02. The summed E-state index contributed by atoms with van der Waals surface area (Å²) in [4.78, 5) is 0. The molecular formula is C17H12N2O3. The standard InChI is InChI=1S/C17H12N2O3/c20-15-7-6-14(12-3-1-2-4-13(12)15)19-18-11-5-8-16-17(9-11)22-10-21-16/h1-9,20H,10H2. The van der Waals surface area contributed by atoms with Crippen LogP contribution in [0.25, 0.3) is 10.8 Å². The maximum Gasteiger partial charge on any atom is 0.231 e. The predicted octanol–water partition coefficient (Wildman–Crippen LogP) is 4.69. The smallest absolute Gasteiger partial charge is 0.231 e. The number of fused-ring (bicyclic) bond motifs is 2. The molecule has 5 heteroatoms. The Morgan fingerprint density at radius 3 is 2.55 bits per heavy atom. The number of rotatable bonds is 2. The molecule has 108 valence electrons. The minimum atomic E-state index is 0.234. The minimum Gasteiger partial charge on any atom is -0.507 e. The molecule has 0 radical (unpaired) electrons. The highest BCUT2D eigenvalue weighted by Crippen LogP contribution is 2.37. The van der Waals surface area contributed by atoms with E-state index in [1.165, 1.54) is 0 Å². The third kappa shape index (κ3) is 2.13. The lowest BCUT2D eigenvalue weighted by Crippen LogP contribution is -1.92. The molecule has 0 unspecified atom stereocenters. The molecule has 0 saturated heterocycles. The monoisotopic (exact) mass is 292 g/mol. The lowest BCUT2D eigenvalue weighted by atomic mass is 10.1. The van der Waals surface area contributed by atoms with E-state index in [1.807, 2.05) is 36.4 Å². The number of hydrogen-bond acceptors (Lipinski definition) is 5. The summed E-state index contributed by atoms with van der Waals surface area (Å²) in [6.45, 7) is 0.235. The van der Waals surface area contributed by atoms with Crippen molar-refractivity contribution in [2.45, 2.75) is 0 Å². The fourth-order valence-electron chi connectivity index (χ4n) is 2.41. The van der Waals surface area contributed by atoms with Gasteiger partial charge in [0.05, 0.1) is 11.4 Å². The molecule has 22 heavy (non-hydrogen) atoms. The number of phenols is 1. The molecule has 0 aromatic heterocycles. The summed E-state index contributed by atoms with van der Waals surface area (Å²) < 4.78 is 10.6. The van der Waals surface area contributed by atoms with Crippen LogP contribution >= 0.6 is 0 Å². The third-order valence-corrected chi connectivity index (χ3v) is 3.51. The van der Waals surface area contributed by atoms with E-state index in [-0.39, 0.29) is 12.5 Å². The van der Waals surface area contributed by atoms with Gasteiger partial charge in [0.1, 0.15) is 5.75 Å². The van der Waals surface area contributed by atoms with Crippen LogP contribution in [-0.4, -0.2) is 11.9 Å². The topological polar surface area (TPSA) is 63.4 Å². The lowest BCUT2D eigenvalue weighted by Gasteiger charge is -2.03. The summed E-state index contributed by atoms with van der Waals surface area (Å²) in [6, 6.07) is 16.3. The summed E-state index contributed by atoms with van der Waals surface area (Å²) in [5, 5.41) is 20.0.